The number of aryl methyl sites for hydroxylation is 1. The predicted molar refractivity (Wildman–Crippen MR) is 61.2 cm³/mol. The Labute approximate surface area is 84.3 Å². The molecule has 2 aliphatic rings. The van der Waals surface area contributed by atoms with E-state index in [2.05, 4.69) is 36.4 Å². The summed E-state index contributed by atoms with van der Waals surface area (Å²) < 4.78 is 0. The van der Waals surface area contributed by atoms with E-state index in [0.29, 0.717) is 0 Å². The molecule has 1 aromatic carbocycles. The van der Waals surface area contributed by atoms with Crippen molar-refractivity contribution in [2.24, 2.45) is 0 Å². The first-order valence-corrected chi connectivity index (χ1v) is 5.43. The molecule has 0 nitrogen and oxygen atoms in total. The molecule has 0 aromatic heterocycles. The highest BCUT2D eigenvalue weighted by atomic mass is 14.1. The van der Waals surface area contributed by atoms with Gasteiger partial charge in [0.2, 0.25) is 0 Å². The van der Waals surface area contributed by atoms with Crippen molar-refractivity contribution in [2.45, 2.75) is 25.7 Å². The molecule has 3 rings (SSSR count). The number of benzene rings is 1. The predicted octanol–water partition coefficient (Wildman–Crippen LogP) is 2.00. The number of rotatable bonds is 0. The third-order valence-electron chi connectivity index (χ3n) is 3.12. The normalized spacial score (nSPS) is 17.7. The Balaban J connectivity index is 2.33. The van der Waals surface area contributed by atoms with Crippen LogP contribution in [0.4, 0.5) is 0 Å². The van der Waals surface area contributed by atoms with E-state index in [9.17, 15) is 0 Å². The summed E-state index contributed by atoms with van der Waals surface area (Å²) in [5.41, 5.74) is 2.96. The van der Waals surface area contributed by atoms with Crippen LogP contribution in [0.3, 0.4) is 0 Å². The van der Waals surface area contributed by atoms with Crippen LogP contribution in [-0.2, 0) is 6.42 Å². The Bertz CT molecular complexity index is 504. The van der Waals surface area contributed by atoms with Crippen molar-refractivity contribution in [1.29, 1.82) is 0 Å². The van der Waals surface area contributed by atoms with E-state index in [-0.39, 0.29) is 0 Å². The minimum atomic E-state index is 1.20. The van der Waals surface area contributed by atoms with Crippen molar-refractivity contribution in [1.82, 2.24) is 0 Å². The molecule has 0 unspecified atom stereocenters. The topological polar surface area (TPSA) is 0 Å². The Kier molecular flexibility index (Phi) is 1.80. The smallest absolute Gasteiger partial charge is 0.0221 e. The molecule has 0 bridgehead atoms. The highest BCUT2D eigenvalue weighted by Crippen LogP contribution is 2.15. The first-order valence-electron chi connectivity index (χ1n) is 5.43. The standard InChI is InChI=1S/C14H14/c1-2-6-12-10-14-8-4-3-7-13(14)9-11(12)5-1/h1,5,7-10H,2-4,6H2. The SMILES string of the molecule is C1=Cc2cc3c(cc2CC1)=CCCC=3. The van der Waals surface area contributed by atoms with Crippen molar-refractivity contribution in [3.05, 3.63) is 39.8 Å². The van der Waals surface area contributed by atoms with Gasteiger partial charge >= 0.3 is 0 Å². The maximum absolute atomic E-state index is 2.38. The summed E-state index contributed by atoms with van der Waals surface area (Å²) in [6, 6.07) is 4.72. The van der Waals surface area contributed by atoms with E-state index < -0.39 is 0 Å². The van der Waals surface area contributed by atoms with Crippen LogP contribution in [0.25, 0.3) is 18.2 Å². The van der Waals surface area contributed by atoms with Crippen LogP contribution in [-0.4, -0.2) is 0 Å². The summed E-state index contributed by atoms with van der Waals surface area (Å²) in [7, 11) is 0. The van der Waals surface area contributed by atoms with Crippen molar-refractivity contribution in [3.8, 4) is 0 Å². The lowest BCUT2D eigenvalue weighted by Crippen LogP contribution is -2.28. The highest BCUT2D eigenvalue weighted by molar-refractivity contribution is 5.58. The van der Waals surface area contributed by atoms with Crippen LogP contribution in [0.2, 0.25) is 0 Å². The molecular formula is C14H14. The summed E-state index contributed by atoms with van der Waals surface area (Å²) in [5, 5.41) is 2.88. The van der Waals surface area contributed by atoms with Crippen LogP contribution >= 0.6 is 0 Å². The van der Waals surface area contributed by atoms with Crippen LogP contribution in [0, 0.1) is 0 Å². The quantitative estimate of drug-likeness (QED) is 0.575. The van der Waals surface area contributed by atoms with Gasteiger partial charge in [-0.3, -0.25) is 0 Å². The number of allylic oxidation sites excluding steroid dienone is 1. The van der Waals surface area contributed by atoms with Crippen molar-refractivity contribution >= 4 is 18.2 Å². The van der Waals surface area contributed by atoms with Crippen LogP contribution in [0.15, 0.2) is 18.2 Å². The molecule has 0 radical (unpaired) electrons. The second-order valence-electron chi connectivity index (χ2n) is 4.11. The second kappa shape index (κ2) is 3.13. The summed E-state index contributed by atoms with van der Waals surface area (Å²) in [6.45, 7) is 0. The Morgan fingerprint density at radius 3 is 2.50 bits per heavy atom. The van der Waals surface area contributed by atoms with E-state index in [4.69, 9.17) is 0 Å². The number of hydrogen-bond donors (Lipinski definition) is 0. The van der Waals surface area contributed by atoms with E-state index in [1.54, 1.807) is 0 Å². The van der Waals surface area contributed by atoms with Gasteiger partial charge in [0.15, 0.2) is 0 Å². The monoisotopic (exact) mass is 182 g/mol. The number of hydrogen-bond acceptors (Lipinski definition) is 0. The van der Waals surface area contributed by atoms with Crippen molar-refractivity contribution in [2.75, 3.05) is 0 Å². The molecule has 70 valence electrons. The van der Waals surface area contributed by atoms with Gasteiger partial charge in [0.1, 0.15) is 0 Å². The van der Waals surface area contributed by atoms with Crippen molar-refractivity contribution in [3.63, 3.8) is 0 Å². The average molecular weight is 182 g/mol. The molecule has 0 heteroatoms. The largest absolute Gasteiger partial charge is 0.0836 e. The fourth-order valence-electron chi connectivity index (χ4n) is 2.35. The van der Waals surface area contributed by atoms with Gasteiger partial charge in [-0.05, 0) is 53.3 Å². The van der Waals surface area contributed by atoms with Gasteiger partial charge in [-0.2, -0.15) is 0 Å². The fourth-order valence-corrected chi connectivity index (χ4v) is 2.35. The van der Waals surface area contributed by atoms with Gasteiger partial charge in [-0.15, -0.1) is 0 Å². The molecule has 0 aliphatic heterocycles. The lowest BCUT2D eigenvalue weighted by Gasteiger charge is -2.11. The Hall–Kier alpha value is -1.30. The third kappa shape index (κ3) is 1.22. The molecule has 14 heavy (non-hydrogen) atoms. The van der Waals surface area contributed by atoms with Gasteiger partial charge in [0.05, 0.1) is 0 Å². The summed E-state index contributed by atoms with van der Waals surface area (Å²) >= 11 is 0. The van der Waals surface area contributed by atoms with Crippen LogP contribution in [0.5, 0.6) is 0 Å². The fraction of sp³-hybridized carbons (Fsp3) is 0.286. The molecule has 0 fully saturated rings. The minimum Gasteiger partial charge on any atom is -0.0836 e. The average Bonchev–Trinajstić information content (AvgIpc) is 2.26. The third-order valence-corrected chi connectivity index (χ3v) is 3.12. The van der Waals surface area contributed by atoms with E-state index >= 15 is 0 Å². The lowest BCUT2D eigenvalue weighted by molar-refractivity contribution is 0.978. The lowest BCUT2D eigenvalue weighted by atomic mass is 9.94. The van der Waals surface area contributed by atoms with Gasteiger partial charge < -0.3 is 0 Å². The first-order chi connectivity index (χ1) is 6.93. The van der Waals surface area contributed by atoms with Crippen molar-refractivity contribution < 1.29 is 0 Å². The zero-order chi connectivity index (χ0) is 9.38. The molecule has 1 aromatic rings. The maximum Gasteiger partial charge on any atom is -0.0221 e. The molecule has 2 aliphatic carbocycles. The highest BCUT2D eigenvalue weighted by Gasteiger charge is 2.05. The molecule has 0 atom stereocenters. The summed E-state index contributed by atoms with van der Waals surface area (Å²) in [5.74, 6) is 0. The van der Waals surface area contributed by atoms with Gasteiger partial charge in [0.25, 0.3) is 0 Å². The number of fused-ring (bicyclic) bond motifs is 2. The second-order valence-corrected chi connectivity index (χ2v) is 4.11. The molecule has 0 N–H and O–H groups in total. The van der Waals surface area contributed by atoms with Crippen LogP contribution in [0.1, 0.15) is 30.4 Å². The summed E-state index contributed by atoms with van der Waals surface area (Å²) in [4.78, 5) is 0. The molecule has 0 heterocycles. The minimum absolute atomic E-state index is 1.20. The molecule has 0 amide bonds. The van der Waals surface area contributed by atoms with Crippen LogP contribution < -0.4 is 10.4 Å². The van der Waals surface area contributed by atoms with Gasteiger partial charge in [-0.25, -0.2) is 0 Å². The van der Waals surface area contributed by atoms with Gasteiger partial charge in [-0.1, -0.05) is 30.4 Å². The zero-order valence-electron chi connectivity index (χ0n) is 8.29. The van der Waals surface area contributed by atoms with E-state index in [1.807, 2.05) is 0 Å². The zero-order valence-corrected chi connectivity index (χ0v) is 8.29. The molecule has 0 spiro atoms. The first kappa shape index (κ1) is 8.05. The molecule has 0 saturated heterocycles. The Morgan fingerprint density at radius 1 is 0.857 bits per heavy atom. The van der Waals surface area contributed by atoms with E-state index in [0.717, 1.165) is 0 Å². The summed E-state index contributed by atoms with van der Waals surface area (Å²) in [6.07, 6.45) is 14.1. The maximum atomic E-state index is 2.38. The van der Waals surface area contributed by atoms with Gasteiger partial charge in [0, 0.05) is 0 Å². The molecular weight excluding hydrogens is 168 g/mol. The Morgan fingerprint density at radius 2 is 1.64 bits per heavy atom. The van der Waals surface area contributed by atoms with E-state index in [1.165, 1.54) is 47.2 Å². The molecule has 0 saturated carbocycles.